The van der Waals surface area contributed by atoms with Gasteiger partial charge in [0.15, 0.2) is 0 Å². The number of benzene rings is 1. The van der Waals surface area contributed by atoms with Gasteiger partial charge in [0.2, 0.25) is 0 Å². The number of likely N-dealkylation sites (tertiary alicyclic amines) is 1. The predicted octanol–water partition coefficient (Wildman–Crippen LogP) is 2.09. The second-order valence-electron chi connectivity index (χ2n) is 5.40. The summed E-state index contributed by atoms with van der Waals surface area (Å²) in [6, 6.07) is 8.57. The SMILES string of the molecule is CN1CCC(c2ccccc2-c2cnn(C)c2N)C1. The summed E-state index contributed by atoms with van der Waals surface area (Å²) in [6.45, 7) is 2.29. The van der Waals surface area contributed by atoms with E-state index in [0.717, 1.165) is 17.9 Å². The van der Waals surface area contributed by atoms with Crippen molar-refractivity contribution in [2.75, 3.05) is 25.9 Å². The zero-order chi connectivity index (χ0) is 13.4. The summed E-state index contributed by atoms with van der Waals surface area (Å²) in [5, 5.41) is 4.26. The first kappa shape index (κ1) is 12.2. The zero-order valence-electron chi connectivity index (χ0n) is 11.5. The summed E-state index contributed by atoms with van der Waals surface area (Å²) < 4.78 is 1.73. The maximum absolute atomic E-state index is 6.12. The van der Waals surface area contributed by atoms with E-state index in [1.807, 2.05) is 13.2 Å². The monoisotopic (exact) mass is 256 g/mol. The lowest BCUT2D eigenvalue weighted by molar-refractivity contribution is 0.411. The molecule has 2 N–H and O–H groups in total. The summed E-state index contributed by atoms with van der Waals surface area (Å²) in [5.41, 5.74) is 9.79. The highest BCUT2D eigenvalue weighted by molar-refractivity contribution is 5.76. The van der Waals surface area contributed by atoms with Crippen molar-refractivity contribution >= 4 is 5.82 Å². The average Bonchev–Trinajstić information content (AvgIpc) is 2.98. The Morgan fingerprint density at radius 2 is 2.00 bits per heavy atom. The van der Waals surface area contributed by atoms with E-state index in [-0.39, 0.29) is 0 Å². The van der Waals surface area contributed by atoms with Gasteiger partial charge < -0.3 is 10.6 Å². The minimum atomic E-state index is 0.598. The Hall–Kier alpha value is -1.81. The van der Waals surface area contributed by atoms with Crippen LogP contribution in [0, 0.1) is 0 Å². The van der Waals surface area contributed by atoms with Crippen molar-refractivity contribution in [3.05, 3.63) is 36.0 Å². The van der Waals surface area contributed by atoms with Crippen LogP contribution in [0.15, 0.2) is 30.5 Å². The topological polar surface area (TPSA) is 47.1 Å². The number of hydrogen-bond acceptors (Lipinski definition) is 3. The molecular weight excluding hydrogens is 236 g/mol. The summed E-state index contributed by atoms with van der Waals surface area (Å²) in [5.74, 6) is 1.33. The molecule has 100 valence electrons. The van der Waals surface area contributed by atoms with Gasteiger partial charge in [-0.2, -0.15) is 5.10 Å². The third-order valence-corrected chi connectivity index (χ3v) is 4.07. The molecule has 0 amide bonds. The first-order valence-electron chi connectivity index (χ1n) is 6.72. The number of hydrogen-bond donors (Lipinski definition) is 1. The zero-order valence-corrected chi connectivity index (χ0v) is 11.5. The number of anilines is 1. The van der Waals surface area contributed by atoms with Crippen LogP contribution in [-0.2, 0) is 7.05 Å². The minimum Gasteiger partial charge on any atom is -0.383 e. The maximum Gasteiger partial charge on any atom is 0.129 e. The second kappa shape index (κ2) is 4.70. The van der Waals surface area contributed by atoms with Gasteiger partial charge in [0.1, 0.15) is 5.82 Å². The molecule has 1 aromatic carbocycles. The summed E-state index contributed by atoms with van der Waals surface area (Å²) in [6.07, 6.45) is 3.08. The van der Waals surface area contributed by atoms with Gasteiger partial charge in [0.05, 0.1) is 6.20 Å². The normalized spacial score (nSPS) is 20.0. The van der Waals surface area contributed by atoms with Crippen LogP contribution in [0.1, 0.15) is 17.9 Å². The summed E-state index contributed by atoms with van der Waals surface area (Å²) >= 11 is 0. The molecule has 19 heavy (non-hydrogen) atoms. The Morgan fingerprint density at radius 1 is 1.21 bits per heavy atom. The van der Waals surface area contributed by atoms with Crippen LogP contribution in [0.2, 0.25) is 0 Å². The van der Waals surface area contributed by atoms with Crippen LogP contribution in [0.3, 0.4) is 0 Å². The number of nitrogens with two attached hydrogens (primary N) is 1. The Kier molecular flexibility index (Phi) is 3.03. The van der Waals surface area contributed by atoms with E-state index in [4.69, 9.17) is 5.73 Å². The molecule has 0 saturated carbocycles. The van der Waals surface area contributed by atoms with Gasteiger partial charge in [-0.25, -0.2) is 0 Å². The van der Waals surface area contributed by atoms with Crippen LogP contribution in [0.5, 0.6) is 0 Å². The summed E-state index contributed by atoms with van der Waals surface area (Å²) in [7, 11) is 4.06. The van der Waals surface area contributed by atoms with Crippen LogP contribution >= 0.6 is 0 Å². The fourth-order valence-electron chi connectivity index (χ4n) is 2.94. The largest absolute Gasteiger partial charge is 0.383 e. The van der Waals surface area contributed by atoms with Crippen molar-refractivity contribution < 1.29 is 0 Å². The molecule has 2 aromatic rings. The van der Waals surface area contributed by atoms with E-state index in [2.05, 4.69) is 41.3 Å². The molecule has 1 fully saturated rings. The quantitative estimate of drug-likeness (QED) is 0.895. The maximum atomic E-state index is 6.12. The van der Waals surface area contributed by atoms with Gasteiger partial charge in [0.25, 0.3) is 0 Å². The fourth-order valence-corrected chi connectivity index (χ4v) is 2.94. The number of nitrogens with zero attached hydrogens (tertiary/aromatic N) is 3. The third-order valence-electron chi connectivity index (χ3n) is 4.07. The molecular formula is C15H20N4. The minimum absolute atomic E-state index is 0.598. The van der Waals surface area contributed by atoms with Crippen molar-refractivity contribution in [1.82, 2.24) is 14.7 Å². The van der Waals surface area contributed by atoms with Crippen LogP contribution < -0.4 is 5.73 Å². The molecule has 0 spiro atoms. The van der Waals surface area contributed by atoms with Crippen molar-refractivity contribution in [2.24, 2.45) is 7.05 Å². The Labute approximate surface area is 113 Å². The molecule has 1 aromatic heterocycles. The molecule has 4 nitrogen and oxygen atoms in total. The molecule has 3 rings (SSSR count). The number of rotatable bonds is 2. The molecule has 1 unspecified atom stereocenters. The lowest BCUT2D eigenvalue weighted by atomic mass is 9.91. The summed E-state index contributed by atoms with van der Waals surface area (Å²) in [4.78, 5) is 2.38. The van der Waals surface area contributed by atoms with Crippen molar-refractivity contribution in [2.45, 2.75) is 12.3 Å². The molecule has 2 heterocycles. The van der Waals surface area contributed by atoms with E-state index in [9.17, 15) is 0 Å². The highest BCUT2D eigenvalue weighted by atomic mass is 15.3. The first-order valence-corrected chi connectivity index (χ1v) is 6.72. The van der Waals surface area contributed by atoms with Gasteiger partial charge in [-0.15, -0.1) is 0 Å². The number of aryl methyl sites for hydroxylation is 1. The van der Waals surface area contributed by atoms with Crippen LogP contribution in [0.25, 0.3) is 11.1 Å². The third kappa shape index (κ3) is 2.12. The van der Waals surface area contributed by atoms with Gasteiger partial charge >= 0.3 is 0 Å². The van der Waals surface area contributed by atoms with Gasteiger partial charge in [-0.3, -0.25) is 4.68 Å². The van der Waals surface area contributed by atoms with Crippen molar-refractivity contribution in [1.29, 1.82) is 0 Å². The van der Waals surface area contributed by atoms with Crippen molar-refractivity contribution in [3.63, 3.8) is 0 Å². The Balaban J connectivity index is 2.05. The lowest BCUT2D eigenvalue weighted by Gasteiger charge is -2.15. The highest BCUT2D eigenvalue weighted by Gasteiger charge is 2.24. The van der Waals surface area contributed by atoms with Crippen molar-refractivity contribution in [3.8, 4) is 11.1 Å². The molecule has 1 saturated heterocycles. The van der Waals surface area contributed by atoms with E-state index >= 15 is 0 Å². The first-order chi connectivity index (χ1) is 9.16. The van der Waals surface area contributed by atoms with E-state index < -0.39 is 0 Å². The Bertz CT molecular complexity index is 588. The van der Waals surface area contributed by atoms with E-state index in [1.165, 1.54) is 24.1 Å². The van der Waals surface area contributed by atoms with Crippen LogP contribution in [0.4, 0.5) is 5.82 Å². The lowest BCUT2D eigenvalue weighted by Crippen LogP contribution is -2.13. The molecule has 0 radical (unpaired) electrons. The Morgan fingerprint density at radius 3 is 2.63 bits per heavy atom. The fraction of sp³-hybridized carbons (Fsp3) is 0.400. The highest BCUT2D eigenvalue weighted by Crippen LogP contribution is 2.36. The molecule has 1 aliphatic rings. The smallest absolute Gasteiger partial charge is 0.129 e. The molecule has 1 aliphatic heterocycles. The molecule has 1 atom stereocenters. The molecule has 0 aliphatic carbocycles. The van der Waals surface area contributed by atoms with E-state index in [0.29, 0.717) is 5.92 Å². The van der Waals surface area contributed by atoms with Gasteiger partial charge in [-0.05, 0) is 37.1 Å². The number of likely N-dealkylation sites (N-methyl/N-ethyl adjacent to an activating group) is 1. The average molecular weight is 256 g/mol. The second-order valence-corrected chi connectivity index (χ2v) is 5.40. The number of nitrogen functional groups attached to an aromatic ring is 1. The van der Waals surface area contributed by atoms with Gasteiger partial charge in [0, 0.05) is 19.2 Å². The molecule has 0 bridgehead atoms. The number of aromatic nitrogens is 2. The standard InChI is InChI=1S/C15H20N4/c1-18-8-7-11(10-18)12-5-3-4-6-13(12)14-9-17-19(2)15(14)16/h3-6,9,11H,7-8,10,16H2,1-2H3. The van der Waals surface area contributed by atoms with Crippen LogP contribution in [-0.4, -0.2) is 34.8 Å². The van der Waals surface area contributed by atoms with Gasteiger partial charge in [-0.1, -0.05) is 24.3 Å². The predicted molar refractivity (Wildman–Crippen MR) is 77.9 cm³/mol. The van der Waals surface area contributed by atoms with E-state index in [1.54, 1.807) is 4.68 Å². The molecule has 4 heteroatoms.